The highest BCUT2D eigenvalue weighted by Gasteiger charge is 2.46. The number of rotatable bonds is 4. The third kappa shape index (κ3) is 5.66. The van der Waals surface area contributed by atoms with Gasteiger partial charge in [-0.25, -0.2) is 4.79 Å². The molecule has 162 valence electrons. The minimum Gasteiger partial charge on any atom is -0.464 e. The molecule has 1 saturated heterocycles. The smallest absolute Gasteiger partial charge is 0.345 e. The maximum absolute atomic E-state index is 12.8. The average Bonchev–Trinajstić information content (AvgIpc) is 2.83. The van der Waals surface area contributed by atoms with Gasteiger partial charge in [0, 0.05) is 5.56 Å². The van der Waals surface area contributed by atoms with E-state index >= 15 is 0 Å². The molecule has 1 atom stereocenters. The Morgan fingerprint density at radius 2 is 1.61 bits per heavy atom. The second-order valence-electron chi connectivity index (χ2n) is 6.78. The number of hydrogen-bond acceptors (Lipinski definition) is 4. The van der Waals surface area contributed by atoms with Crippen molar-refractivity contribution in [3.05, 3.63) is 94.5 Å². The lowest BCUT2D eigenvalue weighted by atomic mass is 9.86. The van der Waals surface area contributed by atoms with Crippen LogP contribution >= 0.6 is 23.2 Å². The molecule has 4 nitrogen and oxygen atoms in total. The Hall–Kier alpha value is -2.37. The van der Waals surface area contributed by atoms with Gasteiger partial charge in [-0.1, -0.05) is 89.9 Å². The third-order valence-corrected chi connectivity index (χ3v) is 5.49. The van der Waals surface area contributed by atoms with Crippen LogP contribution in [0.25, 0.3) is 11.1 Å². The zero-order chi connectivity index (χ0) is 22.1. The number of halogens is 2. The second-order valence-corrected chi connectivity index (χ2v) is 7.59. The molecule has 0 amide bonds. The quantitative estimate of drug-likeness (QED) is 0.439. The predicted molar refractivity (Wildman–Crippen MR) is 123 cm³/mol. The van der Waals surface area contributed by atoms with E-state index in [4.69, 9.17) is 37.4 Å². The van der Waals surface area contributed by atoms with Gasteiger partial charge in [-0.3, -0.25) is 0 Å². The lowest BCUT2D eigenvalue weighted by molar-refractivity contribution is -0.202. The highest BCUT2D eigenvalue weighted by Crippen LogP contribution is 2.39. The van der Waals surface area contributed by atoms with E-state index in [1.54, 1.807) is 19.1 Å². The minimum absolute atomic E-state index is 0.101. The first-order valence-corrected chi connectivity index (χ1v) is 10.8. The molecule has 0 radical (unpaired) electrons. The summed E-state index contributed by atoms with van der Waals surface area (Å²) in [5, 5.41) is 0.917. The molecule has 1 heterocycles. The molecule has 3 aromatic rings. The Labute approximate surface area is 192 Å². The van der Waals surface area contributed by atoms with Gasteiger partial charge in [0.25, 0.3) is 0 Å². The van der Waals surface area contributed by atoms with E-state index in [9.17, 15) is 4.79 Å². The summed E-state index contributed by atoms with van der Waals surface area (Å²) in [5.74, 6) is -0.456. The van der Waals surface area contributed by atoms with Crippen molar-refractivity contribution in [2.24, 2.45) is 0 Å². The van der Waals surface area contributed by atoms with Crippen LogP contribution in [-0.2, 0) is 24.6 Å². The van der Waals surface area contributed by atoms with E-state index in [1.165, 1.54) is 0 Å². The molecule has 1 aliphatic rings. The summed E-state index contributed by atoms with van der Waals surface area (Å²) in [6.07, 6.45) is 0. The van der Waals surface area contributed by atoms with E-state index < -0.39 is 11.6 Å². The van der Waals surface area contributed by atoms with Crippen LogP contribution < -0.4 is 0 Å². The fourth-order valence-electron chi connectivity index (χ4n) is 3.30. The highest BCUT2D eigenvalue weighted by atomic mass is 35.5. The molecule has 0 aromatic heterocycles. The SMILES string of the molecule is CCOC(=O)C1(c2ccccc2-c2ccc(Cl)c(Cl)c2)COCCO1.c1ccccc1. The molecule has 0 aliphatic carbocycles. The maximum Gasteiger partial charge on any atom is 0.345 e. The van der Waals surface area contributed by atoms with Crippen molar-refractivity contribution in [1.82, 2.24) is 0 Å². The fourth-order valence-corrected chi connectivity index (χ4v) is 3.60. The summed E-state index contributed by atoms with van der Waals surface area (Å²) in [6.45, 7) is 2.88. The van der Waals surface area contributed by atoms with Crippen molar-refractivity contribution >= 4 is 29.2 Å². The van der Waals surface area contributed by atoms with Gasteiger partial charge >= 0.3 is 5.97 Å². The maximum atomic E-state index is 12.8. The molecule has 1 unspecified atom stereocenters. The average molecular weight is 459 g/mol. The van der Waals surface area contributed by atoms with Gasteiger partial charge < -0.3 is 14.2 Å². The molecule has 0 N–H and O–H groups in total. The van der Waals surface area contributed by atoms with Crippen LogP contribution in [0.2, 0.25) is 10.0 Å². The number of hydrogen-bond donors (Lipinski definition) is 0. The molecule has 31 heavy (non-hydrogen) atoms. The summed E-state index contributed by atoms with van der Waals surface area (Å²) in [6, 6.07) is 24.9. The molecular formula is C25H24Cl2O4. The zero-order valence-corrected chi connectivity index (χ0v) is 18.7. The largest absolute Gasteiger partial charge is 0.464 e. The normalized spacial score (nSPS) is 17.9. The molecule has 3 aromatic carbocycles. The van der Waals surface area contributed by atoms with E-state index in [2.05, 4.69) is 0 Å². The number of benzene rings is 3. The summed E-state index contributed by atoms with van der Waals surface area (Å²) in [4.78, 5) is 12.8. The zero-order valence-electron chi connectivity index (χ0n) is 17.2. The summed E-state index contributed by atoms with van der Waals surface area (Å²) >= 11 is 12.2. The van der Waals surface area contributed by atoms with Crippen LogP contribution in [0.5, 0.6) is 0 Å². The van der Waals surface area contributed by atoms with Gasteiger partial charge in [-0.2, -0.15) is 0 Å². The minimum atomic E-state index is -1.29. The van der Waals surface area contributed by atoms with E-state index in [0.717, 1.165) is 11.1 Å². The first-order chi connectivity index (χ1) is 15.1. The summed E-state index contributed by atoms with van der Waals surface area (Å²) < 4.78 is 16.8. The Bertz CT molecular complexity index is 959. The lowest BCUT2D eigenvalue weighted by Gasteiger charge is -2.36. The van der Waals surface area contributed by atoms with Crippen LogP contribution in [0.15, 0.2) is 78.9 Å². The Kier molecular flexibility index (Phi) is 8.50. The number of carbonyl (C=O) groups excluding carboxylic acids is 1. The van der Waals surface area contributed by atoms with Gasteiger partial charge in [0.15, 0.2) is 0 Å². The van der Waals surface area contributed by atoms with Crippen LogP contribution in [0.1, 0.15) is 12.5 Å². The molecular weight excluding hydrogens is 435 g/mol. The number of carbonyl (C=O) groups is 1. The molecule has 1 aliphatic heterocycles. The second kappa shape index (κ2) is 11.3. The van der Waals surface area contributed by atoms with Crippen molar-refractivity contribution in [3.63, 3.8) is 0 Å². The van der Waals surface area contributed by atoms with E-state index in [0.29, 0.717) is 28.8 Å². The third-order valence-electron chi connectivity index (χ3n) is 4.75. The van der Waals surface area contributed by atoms with Crippen molar-refractivity contribution in [3.8, 4) is 11.1 Å². The molecule has 0 saturated carbocycles. The Morgan fingerprint density at radius 1 is 0.935 bits per heavy atom. The van der Waals surface area contributed by atoms with Crippen molar-refractivity contribution in [1.29, 1.82) is 0 Å². The standard InChI is InChI=1S/C19H18Cl2O4.C6H6/c1-2-24-18(22)19(12-23-9-10-25-19)15-6-4-3-5-14(15)13-7-8-16(20)17(21)11-13;1-2-4-6-5-3-1/h3-8,11H,2,9-10,12H2,1H3;1-6H. The van der Waals surface area contributed by atoms with Gasteiger partial charge in [0.1, 0.15) is 0 Å². The van der Waals surface area contributed by atoms with Crippen molar-refractivity contribution in [2.45, 2.75) is 12.5 Å². The van der Waals surface area contributed by atoms with Crippen LogP contribution in [0.3, 0.4) is 0 Å². The van der Waals surface area contributed by atoms with E-state index in [1.807, 2.05) is 66.7 Å². The molecule has 6 heteroatoms. The Morgan fingerprint density at radius 3 is 2.19 bits per heavy atom. The topological polar surface area (TPSA) is 44.8 Å². The molecule has 0 bridgehead atoms. The highest BCUT2D eigenvalue weighted by molar-refractivity contribution is 6.42. The lowest BCUT2D eigenvalue weighted by Crippen LogP contribution is -2.48. The number of esters is 1. The van der Waals surface area contributed by atoms with Crippen LogP contribution in [0, 0.1) is 0 Å². The molecule has 1 fully saturated rings. The predicted octanol–water partition coefficient (Wildman–Crippen LogP) is 6.15. The Balaban J connectivity index is 0.000000391. The first kappa shape index (κ1) is 23.3. The van der Waals surface area contributed by atoms with E-state index in [-0.39, 0.29) is 13.2 Å². The monoisotopic (exact) mass is 458 g/mol. The fraction of sp³-hybridized carbons (Fsp3) is 0.240. The first-order valence-electron chi connectivity index (χ1n) is 10.0. The molecule has 0 spiro atoms. The van der Waals surface area contributed by atoms with Gasteiger partial charge in [0.2, 0.25) is 5.60 Å². The van der Waals surface area contributed by atoms with Crippen molar-refractivity contribution in [2.75, 3.05) is 26.4 Å². The summed E-state index contributed by atoms with van der Waals surface area (Å²) in [5.41, 5.74) is 1.05. The van der Waals surface area contributed by atoms with Gasteiger partial charge in [-0.15, -0.1) is 0 Å². The van der Waals surface area contributed by atoms with Crippen molar-refractivity contribution < 1.29 is 19.0 Å². The van der Waals surface area contributed by atoms with Crippen LogP contribution in [-0.4, -0.2) is 32.4 Å². The molecule has 4 rings (SSSR count). The van der Waals surface area contributed by atoms with Crippen LogP contribution in [0.4, 0.5) is 0 Å². The van der Waals surface area contributed by atoms with Gasteiger partial charge in [-0.05, 0) is 30.2 Å². The summed E-state index contributed by atoms with van der Waals surface area (Å²) in [7, 11) is 0. The number of ether oxygens (including phenoxy) is 3. The van der Waals surface area contributed by atoms with Gasteiger partial charge in [0.05, 0.1) is 36.5 Å².